The zero-order valence-corrected chi connectivity index (χ0v) is 11.1. The Morgan fingerprint density at radius 2 is 1.83 bits per heavy atom. The van der Waals surface area contributed by atoms with E-state index in [1.807, 2.05) is 12.1 Å². The normalized spacial score (nSPS) is 28.9. The number of likely N-dealkylation sites (tertiary alicyclic amines) is 1. The molecule has 1 saturated carbocycles. The smallest absolute Gasteiger partial charge is 0.0359 e. The number of hydrogen-bond acceptors (Lipinski definition) is 2. The monoisotopic (exact) mass is 244 g/mol. The van der Waals surface area contributed by atoms with E-state index < -0.39 is 0 Å². The lowest BCUT2D eigenvalue weighted by molar-refractivity contribution is 0.0822. The molecule has 0 unspecified atom stereocenters. The molecule has 1 aliphatic heterocycles. The summed E-state index contributed by atoms with van der Waals surface area (Å²) in [6.45, 7) is 3.59. The van der Waals surface area contributed by atoms with Gasteiger partial charge in [-0.25, -0.2) is 0 Å². The third-order valence-electron chi connectivity index (χ3n) is 4.82. The summed E-state index contributed by atoms with van der Waals surface area (Å²) < 4.78 is 0. The zero-order chi connectivity index (χ0) is 12.4. The molecule has 0 spiro atoms. The maximum absolute atomic E-state index is 6.04. The number of hydrogen-bond donors (Lipinski definition) is 1. The highest BCUT2D eigenvalue weighted by Crippen LogP contribution is 2.36. The van der Waals surface area contributed by atoms with E-state index in [0.29, 0.717) is 0 Å². The van der Waals surface area contributed by atoms with Gasteiger partial charge in [0.25, 0.3) is 0 Å². The van der Waals surface area contributed by atoms with Crippen LogP contribution < -0.4 is 5.73 Å². The molecule has 0 amide bonds. The van der Waals surface area contributed by atoms with Crippen molar-refractivity contribution in [2.45, 2.75) is 38.6 Å². The summed E-state index contributed by atoms with van der Waals surface area (Å²) in [4.78, 5) is 2.61. The van der Waals surface area contributed by atoms with Crippen LogP contribution in [-0.4, -0.2) is 18.0 Å². The van der Waals surface area contributed by atoms with E-state index >= 15 is 0 Å². The van der Waals surface area contributed by atoms with Gasteiger partial charge in [-0.2, -0.15) is 0 Å². The summed E-state index contributed by atoms with van der Waals surface area (Å²) in [5, 5.41) is 0. The highest BCUT2D eigenvalue weighted by Gasteiger charge is 2.30. The molecule has 2 nitrogen and oxygen atoms in total. The fraction of sp³-hybridized carbons (Fsp3) is 0.625. The predicted molar refractivity (Wildman–Crippen MR) is 76.2 cm³/mol. The van der Waals surface area contributed by atoms with Gasteiger partial charge in [-0.1, -0.05) is 37.5 Å². The molecule has 1 aliphatic carbocycles. The number of para-hydroxylation sites is 1. The van der Waals surface area contributed by atoms with Crippen LogP contribution in [0.15, 0.2) is 24.3 Å². The largest absolute Gasteiger partial charge is 0.398 e. The number of piperidine rings is 1. The minimum atomic E-state index is 0.947. The summed E-state index contributed by atoms with van der Waals surface area (Å²) in [7, 11) is 0. The lowest BCUT2D eigenvalue weighted by Crippen LogP contribution is -2.41. The summed E-state index contributed by atoms with van der Waals surface area (Å²) in [5.41, 5.74) is 8.29. The Morgan fingerprint density at radius 3 is 2.67 bits per heavy atom. The molecule has 1 saturated heterocycles. The lowest BCUT2D eigenvalue weighted by atomic mass is 9.75. The van der Waals surface area contributed by atoms with Gasteiger partial charge in [-0.15, -0.1) is 0 Å². The summed E-state index contributed by atoms with van der Waals surface area (Å²) >= 11 is 0. The van der Waals surface area contributed by atoms with Gasteiger partial charge in [-0.05, 0) is 42.9 Å². The first-order valence-electron chi connectivity index (χ1n) is 7.38. The second-order valence-electron chi connectivity index (χ2n) is 6.03. The van der Waals surface area contributed by atoms with Crippen LogP contribution in [0.4, 0.5) is 5.69 Å². The molecule has 0 aromatic heterocycles. The van der Waals surface area contributed by atoms with E-state index in [0.717, 1.165) is 24.1 Å². The van der Waals surface area contributed by atoms with E-state index in [9.17, 15) is 0 Å². The van der Waals surface area contributed by atoms with E-state index in [1.54, 1.807) is 0 Å². The maximum Gasteiger partial charge on any atom is 0.0359 e. The number of nitrogens with two attached hydrogens (primary N) is 1. The average Bonchev–Trinajstić information content (AvgIpc) is 2.41. The highest BCUT2D eigenvalue weighted by atomic mass is 15.1. The number of nitrogens with zero attached hydrogens (tertiary/aromatic N) is 1. The molecule has 3 rings (SSSR count). The molecule has 1 aromatic rings. The van der Waals surface area contributed by atoms with Crippen LogP contribution in [0, 0.1) is 11.8 Å². The van der Waals surface area contributed by atoms with Gasteiger partial charge in [-0.3, -0.25) is 4.90 Å². The predicted octanol–water partition coefficient (Wildman–Crippen LogP) is 3.28. The van der Waals surface area contributed by atoms with Crippen molar-refractivity contribution >= 4 is 5.69 Å². The van der Waals surface area contributed by atoms with Gasteiger partial charge in [0.1, 0.15) is 0 Å². The number of rotatable bonds is 2. The standard InChI is InChI=1S/C16H24N2/c17-16-8-4-3-7-15(16)12-18-10-9-13-5-1-2-6-14(13)11-18/h3-4,7-8,13-14H,1-2,5-6,9-12,17H2/t13-,14-/m1/s1. The van der Waals surface area contributed by atoms with E-state index in [4.69, 9.17) is 5.73 Å². The molecule has 0 bridgehead atoms. The molecule has 98 valence electrons. The molecule has 1 aromatic carbocycles. The molecular formula is C16H24N2. The van der Waals surface area contributed by atoms with Crippen LogP contribution >= 0.6 is 0 Å². The van der Waals surface area contributed by atoms with E-state index in [2.05, 4.69) is 17.0 Å². The summed E-state index contributed by atoms with van der Waals surface area (Å²) in [6, 6.07) is 8.30. The molecule has 1 heterocycles. The second kappa shape index (κ2) is 5.31. The van der Waals surface area contributed by atoms with Crippen molar-refractivity contribution in [3.05, 3.63) is 29.8 Å². The first-order valence-corrected chi connectivity index (χ1v) is 7.38. The fourth-order valence-corrected chi connectivity index (χ4v) is 3.74. The SMILES string of the molecule is Nc1ccccc1CN1CC[C@H]2CCCC[C@@H]2C1. The molecular weight excluding hydrogens is 220 g/mol. The third kappa shape index (κ3) is 2.54. The molecule has 2 N–H and O–H groups in total. The molecule has 2 fully saturated rings. The zero-order valence-electron chi connectivity index (χ0n) is 11.1. The van der Waals surface area contributed by atoms with Gasteiger partial charge in [0.15, 0.2) is 0 Å². The topological polar surface area (TPSA) is 29.3 Å². The molecule has 18 heavy (non-hydrogen) atoms. The van der Waals surface area contributed by atoms with Crippen LogP contribution in [0.1, 0.15) is 37.7 Å². The van der Waals surface area contributed by atoms with Gasteiger partial charge in [0.05, 0.1) is 0 Å². The minimum Gasteiger partial charge on any atom is -0.398 e. The number of anilines is 1. The molecule has 2 heteroatoms. The first-order chi connectivity index (χ1) is 8.83. The Bertz CT molecular complexity index is 402. The van der Waals surface area contributed by atoms with Crippen LogP contribution in [0.2, 0.25) is 0 Å². The van der Waals surface area contributed by atoms with Crippen molar-refractivity contribution < 1.29 is 0 Å². The second-order valence-corrected chi connectivity index (χ2v) is 6.03. The summed E-state index contributed by atoms with van der Waals surface area (Å²) in [6.07, 6.45) is 7.24. The van der Waals surface area contributed by atoms with Gasteiger partial charge >= 0.3 is 0 Å². The number of benzene rings is 1. The minimum absolute atomic E-state index is 0.947. The Labute approximate surface area is 110 Å². The van der Waals surface area contributed by atoms with Crippen molar-refractivity contribution in [1.29, 1.82) is 0 Å². The molecule has 2 aliphatic rings. The Morgan fingerprint density at radius 1 is 1.06 bits per heavy atom. The quantitative estimate of drug-likeness (QED) is 0.809. The van der Waals surface area contributed by atoms with Gasteiger partial charge in [0.2, 0.25) is 0 Å². The van der Waals surface area contributed by atoms with Crippen molar-refractivity contribution in [2.24, 2.45) is 11.8 Å². The lowest BCUT2D eigenvalue weighted by Gasteiger charge is -2.41. The average molecular weight is 244 g/mol. The van der Waals surface area contributed by atoms with E-state index in [1.165, 1.54) is 50.8 Å². The van der Waals surface area contributed by atoms with Crippen LogP contribution in [0.25, 0.3) is 0 Å². The number of fused-ring (bicyclic) bond motifs is 1. The van der Waals surface area contributed by atoms with E-state index in [-0.39, 0.29) is 0 Å². The highest BCUT2D eigenvalue weighted by molar-refractivity contribution is 5.46. The fourth-order valence-electron chi connectivity index (χ4n) is 3.74. The van der Waals surface area contributed by atoms with Crippen LogP contribution in [0.3, 0.4) is 0 Å². The van der Waals surface area contributed by atoms with Crippen LogP contribution in [-0.2, 0) is 6.54 Å². The van der Waals surface area contributed by atoms with Gasteiger partial charge < -0.3 is 5.73 Å². The first kappa shape index (κ1) is 12.0. The molecule has 2 atom stereocenters. The van der Waals surface area contributed by atoms with Crippen molar-refractivity contribution in [1.82, 2.24) is 4.90 Å². The number of nitrogen functional groups attached to an aromatic ring is 1. The third-order valence-corrected chi connectivity index (χ3v) is 4.82. The summed E-state index contributed by atoms with van der Waals surface area (Å²) in [5.74, 6) is 1.97. The Balaban J connectivity index is 1.63. The van der Waals surface area contributed by atoms with Gasteiger partial charge in [0, 0.05) is 18.8 Å². The van der Waals surface area contributed by atoms with Crippen molar-refractivity contribution in [2.75, 3.05) is 18.8 Å². The maximum atomic E-state index is 6.04. The van der Waals surface area contributed by atoms with Crippen molar-refractivity contribution in [3.63, 3.8) is 0 Å². The van der Waals surface area contributed by atoms with Crippen molar-refractivity contribution in [3.8, 4) is 0 Å². The Kier molecular flexibility index (Phi) is 3.55. The Hall–Kier alpha value is -1.02. The molecule has 0 radical (unpaired) electrons. The van der Waals surface area contributed by atoms with Crippen LogP contribution in [0.5, 0.6) is 0 Å².